The van der Waals surface area contributed by atoms with Gasteiger partial charge in [-0.3, -0.25) is 9.69 Å². The molecular weight excluding hydrogens is 539 g/mol. The first-order valence-corrected chi connectivity index (χ1v) is 13.4. The summed E-state index contributed by atoms with van der Waals surface area (Å²) in [6.45, 7) is 1.46. The number of hydrogen-bond acceptors (Lipinski definition) is 7. The number of furan rings is 1. The number of hydrogen-bond donors (Lipinski definition) is 0. The highest BCUT2D eigenvalue weighted by molar-refractivity contribution is 7.98. The molecule has 1 aliphatic heterocycles. The van der Waals surface area contributed by atoms with Crippen molar-refractivity contribution in [1.29, 1.82) is 0 Å². The maximum Gasteiger partial charge on any atom is 0.247 e. The normalized spacial score (nSPS) is 14.2. The van der Waals surface area contributed by atoms with Gasteiger partial charge in [0.25, 0.3) is 0 Å². The van der Waals surface area contributed by atoms with E-state index in [0.717, 1.165) is 5.56 Å². The quantitative estimate of drug-likeness (QED) is 0.209. The Morgan fingerprint density at radius 1 is 1.00 bits per heavy atom. The van der Waals surface area contributed by atoms with E-state index in [1.807, 2.05) is 48.5 Å². The molecule has 1 aliphatic rings. The molecule has 0 unspecified atom stereocenters. The zero-order chi connectivity index (χ0) is 26.9. The Labute approximate surface area is 232 Å². The number of halogens is 2. The molecule has 0 saturated carbocycles. The van der Waals surface area contributed by atoms with Crippen LogP contribution >= 0.6 is 23.4 Å². The van der Waals surface area contributed by atoms with E-state index >= 15 is 0 Å². The minimum absolute atomic E-state index is 0.215. The molecule has 1 atom stereocenters. The van der Waals surface area contributed by atoms with E-state index in [2.05, 4.69) is 15.2 Å². The average Bonchev–Trinajstić information content (AvgIpc) is 3.38. The number of para-hydroxylation sites is 1. The number of anilines is 1. The highest BCUT2D eigenvalue weighted by atomic mass is 35.5. The molecule has 0 spiro atoms. The zero-order valence-corrected chi connectivity index (χ0v) is 22.1. The molecule has 0 saturated heterocycles. The number of carbonyl (C=O) groups excluding carboxylic acids is 1. The number of nitrogens with zero attached hydrogens (tertiary/aromatic N) is 4. The van der Waals surface area contributed by atoms with Crippen LogP contribution < -0.4 is 9.64 Å². The van der Waals surface area contributed by atoms with Crippen LogP contribution in [0.15, 0.2) is 94.5 Å². The molecule has 0 aliphatic carbocycles. The molecule has 10 heteroatoms. The molecule has 0 radical (unpaired) electrons. The summed E-state index contributed by atoms with van der Waals surface area (Å²) in [5, 5.41) is 9.81. The largest absolute Gasteiger partial charge is 0.455 e. The lowest BCUT2D eigenvalue weighted by Gasteiger charge is -2.28. The second-order valence-electron chi connectivity index (χ2n) is 8.71. The smallest absolute Gasteiger partial charge is 0.247 e. The number of rotatable bonds is 5. The van der Waals surface area contributed by atoms with Gasteiger partial charge in [0.2, 0.25) is 23.2 Å². The van der Waals surface area contributed by atoms with Gasteiger partial charge in [0, 0.05) is 28.8 Å². The van der Waals surface area contributed by atoms with E-state index in [1.54, 1.807) is 24.3 Å². The van der Waals surface area contributed by atoms with E-state index < -0.39 is 6.23 Å². The van der Waals surface area contributed by atoms with Crippen molar-refractivity contribution in [2.75, 3.05) is 4.90 Å². The Kier molecular flexibility index (Phi) is 6.76. The number of thioether (sulfide) groups is 1. The molecule has 194 valence electrons. The summed E-state index contributed by atoms with van der Waals surface area (Å²) in [5.41, 5.74) is 3.28. The van der Waals surface area contributed by atoms with Crippen molar-refractivity contribution in [3.8, 4) is 28.5 Å². The molecule has 6 rings (SSSR count). The second-order valence-corrected chi connectivity index (χ2v) is 10.1. The summed E-state index contributed by atoms with van der Waals surface area (Å²) in [6, 6.07) is 24.4. The van der Waals surface area contributed by atoms with Crippen molar-refractivity contribution < 1.29 is 18.3 Å². The van der Waals surface area contributed by atoms with Gasteiger partial charge in [-0.2, -0.15) is 4.98 Å². The number of aromatic nitrogens is 3. The molecule has 3 heterocycles. The highest BCUT2D eigenvalue weighted by Gasteiger charge is 2.36. The maximum absolute atomic E-state index is 13.4. The van der Waals surface area contributed by atoms with E-state index in [4.69, 9.17) is 20.8 Å². The number of carbonyl (C=O) groups is 1. The van der Waals surface area contributed by atoms with Crippen LogP contribution in [0.4, 0.5) is 10.1 Å². The van der Waals surface area contributed by atoms with Crippen molar-refractivity contribution in [2.24, 2.45) is 0 Å². The monoisotopic (exact) mass is 558 g/mol. The summed E-state index contributed by atoms with van der Waals surface area (Å²) in [7, 11) is 0. The van der Waals surface area contributed by atoms with E-state index in [-0.39, 0.29) is 17.6 Å². The molecule has 7 nitrogen and oxygen atoms in total. The van der Waals surface area contributed by atoms with Crippen LogP contribution in [-0.2, 0) is 10.5 Å². The van der Waals surface area contributed by atoms with E-state index in [0.29, 0.717) is 50.0 Å². The lowest BCUT2D eigenvalue weighted by molar-refractivity contribution is -0.118. The number of ether oxygens (including phenoxy) is 1. The van der Waals surface area contributed by atoms with Gasteiger partial charge in [0.05, 0.1) is 5.69 Å². The van der Waals surface area contributed by atoms with Crippen molar-refractivity contribution in [2.45, 2.75) is 24.1 Å². The van der Waals surface area contributed by atoms with Gasteiger partial charge in [-0.1, -0.05) is 59.8 Å². The minimum Gasteiger partial charge on any atom is -0.455 e. The third kappa shape index (κ3) is 4.98. The Morgan fingerprint density at radius 2 is 1.77 bits per heavy atom. The molecule has 39 heavy (non-hydrogen) atoms. The zero-order valence-electron chi connectivity index (χ0n) is 20.5. The van der Waals surface area contributed by atoms with Crippen LogP contribution in [0, 0.1) is 5.82 Å². The van der Waals surface area contributed by atoms with Crippen LogP contribution in [0.2, 0.25) is 5.02 Å². The molecule has 0 N–H and O–H groups in total. The molecule has 1 amide bonds. The molecular formula is C29H20ClFN4O3S. The lowest BCUT2D eigenvalue weighted by Crippen LogP contribution is -2.35. The van der Waals surface area contributed by atoms with E-state index in [1.165, 1.54) is 35.7 Å². The number of amides is 1. The van der Waals surface area contributed by atoms with Crippen molar-refractivity contribution >= 4 is 35.0 Å². The van der Waals surface area contributed by atoms with Crippen molar-refractivity contribution in [3.63, 3.8) is 0 Å². The SMILES string of the molecule is CC(=O)N1c2ccccc2-c2nnc(SCc3ccccc3Cl)nc2O[C@@H]1c1ccc(-c2ccc(F)cc2)o1. The first-order chi connectivity index (χ1) is 19.0. The standard InChI is InChI=1S/C29H20ClFN4O3S/c1-17(36)35-23-9-5-3-7-21(23)26-27(32-29(34-33-26)39-16-19-6-2-4-8-22(19)30)38-28(35)25-15-14-24(37-25)18-10-12-20(31)13-11-18/h2-15,28H,16H2,1H3/t28-/m1/s1. The summed E-state index contributed by atoms with van der Waals surface area (Å²) >= 11 is 7.68. The number of benzene rings is 3. The fourth-order valence-corrected chi connectivity index (χ4v) is 5.38. The first-order valence-electron chi connectivity index (χ1n) is 12.0. The van der Waals surface area contributed by atoms with Crippen LogP contribution in [0.25, 0.3) is 22.6 Å². The molecule has 2 aromatic heterocycles. The molecule has 0 bridgehead atoms. The summed E-state index contributed by atoms with van der Waals surface area (Å²) in [6.07, 6.45) is -0.975. The van der Waals surface area contributed by atoms with Gasteiger partial charge >= 0.3 is 0 Å². The summed E-state index contributed by atoms with van der Waals surface area (Å²) in [5.74, 6) is 1.03. The summed E-state index contributed by atoms with van der Waals surface area (Å²) in [4.78, 5) is 19.2. The van der Waals surface area contributed by atoms with Crippen LogP contribution in [0.1, 0.15) is 24.5 Å². The van der Waals surface area contributed by atoms with Gasteiger partial charge in [-0.15, -0.1) is 10.2 Å². The summed E-state index contributed by atoms with van der Waals surface area (Å²) < 4.78 is 26.0. The number of fused-ring (bicyclic) bond motifs is 3. The van der Waals surface area contributed by atoms with Crippen LogP contribution in [-0.4, -0.2) is 21.1 Å². The molecule has 5 aromatic rings. The predicted molar refractivity (Wildman–Crippen MR) is 147 cm³/mol. The topological polar surface area (TPSA) is 81.4 Å². The minimum atomic E-state index is -0.975. The Balaban J connectivity index is 1.40. The van der Waals surface area contributed by atoms with Gasteiger partial charge in [0.1, 0.15) is 11.6 Å². The van der Waals surface area contributed by atoms with Crippen LogP contribution in [0.3, 0.4) is 0 Å². The third-order valence-electron chi connectivity index (χ3n) is 6.16. The highest BCUT2D eigenvalue weighted by Crippen LogP contribution is 2.44. The molecule has 3 aromatic carbocycles. The van der Waals surface area contributed by atoms with Crippen LogP contribution in [0.5, 0.6) is 5.88 Å². The molecule has 0 fully saturated rings. The Bertz CT molecular complexity index is 1680. The maximum atomic E-state index is 13.4. The second kappa shape index (κ2) is 10.5. The van der Waals surface area contributed by atoms with Gasteiger partial charge < -0.3 is 9.15 Å². The van der Waals surface area contributed by atoms with Gasteiger partial charge in [0.15, 0.2) is 11.5 Å². The first kappa shape index (κ1) is 25.1. The van der Waals surface area contributed by atoms with E-state index in [9.17, 15) is 9.18 Å². The fourth-order valence-electron chi connectivity index (χ4n) is 4.31. The van der Waals surface area contributed by atoms with Gasteiger partial charge in [-0.25, -0.2) is 4.39 Å². The lowest BCUT2D eigenvalue weighted by atomic mass is 10.1. The average molecular weight is 559 g/mol. The fraction of sp³-hybridized carbons (Fsp3) is 0.103. The van der Waals surface area contributed by atoms with Crippen molar-refractivity contribution in [1.82, 2.24) is 15.2 Å². The Hall–Kier alpha value is -4.21. The third-order valence-corrected chi connectivity index (χ3v) is 7.42. The van der Waals surface area contributed by atoms with Gasteiger partial charge in [-0.05, 0) is 54.1 Å². The Morgan fingerprint density at radius 3 is 2.56 bits per heavy atom. The predicted octanol–water partition coefficient (Wildman–Crippen LogP) is 7.33. The van der Waals surface area contributed by atoms with Crippen molar-refractivity contribution in [3.05, 3.63) is 107 Å².